The summed E-state index contributed by atoms with van der Waals surface area (Å²) >= 11 is 5.84. The van der Waals surface area contributed by atoms with Gasteiger partial charge in [0.25, 0.3) is 0 Å². The van der Waals surface area contributed by atoms with Crippen LogP contribution in [0.4, 0.5) is 5.69 Å². The van der Waals surface area contributed by atoms with E-state index in [1.54, 1.807) is 18.5 Å². The largest absolute Gasteiger partial charge is 0.382 e. The van der Waals surface area contributed by atoms with Gasteiger partial charge < -0.3 is 5.32 Å². The number of aromatic nitrogens is 1. The van der Waals surface area contributed by atoms with Crippen LogP contribution in [0.15, 0.2) is 18.5 Å². The van der Waals surface area contributed by atoms with Gasteiger partial charge in [-0.3, -0.25) is 4.98 Å². The van der Waals surface area contributed by atoms with E-state index in [2.05, 4.69) is 16.4 Å². The molecule has 0 spiro atoms. The number of nitrogens with one attached hydrogen (secondary N) is 1. The number of rotatable bonds is 3. The molecule has 0 aliphatic heterocycles. The second kappa shape index (κ2) is 4.68. The summed E-state index contributed by atoms with van der Waals surface area (Å²) in [6.07, 6.45) is 3.23. The van der Waals surface area contributed by atoms with Crippen LogP contribution < -0.4 is 5.32 Å². The number of nitrogens with zero attached hydrogens (tertiary/aromatic N) is 2. The smallest absolute Gasteiger partial charge is 0.0820 e. The fourth-order valence-electron chi connectivity index (χ4n) is 0.827. The lowest BCUT2D eigenvalue weighted by Crippen LogP contribution is -2.09. The SMILES string of the molecule is CC(C#N)CNc1ccncc1Cl. The van der Waals surface area contributed by atoms with Crippen LogP contribution in [0.3, 0.4) is 0 Å². The van der Waals surface area contributed by atoms with Crippen LogP contribution in [-0.2, 0) is 0 Å². The number of hydrogen-bond acceptors (Lipinski definition) is 3. The van der Waals surface area contributed by atoms with E-state index in [1.807, 2.05) is 6.92 Å². The molecule has 1 N–H and O–H groups in total. The highest BCUT2D eigenvalue weighted by Crippen LogP contribution is 2.18. The first-order valence-electron chi connectivity index (χ1n) is 3.97. The molecule has 0 fully saturated rings. The Kier molecular flexibility index (Phi) is 3.53. The normalized spacial score (nSPS) is 11.8. The number of anilines is 1. The molecule has 1 unspecified atom stereocenters. The molecule has 1 aromatic heterocycles. The van der Waals surface area contributed by atoms with Crippen molar-refractivity contribution in [1.82, 2.24) is 4.98 Å². The standard InChI is InChI=1S/C9H10ClN3/c1-7(4-11)5-13-9-2-3-12-6-8(9)10/h2-3,6-7H,5H2,1H3,(H,12,13). The molecule has 13 heavy (non-hydrogen) atoms. The van der Waals surface area contributed by atoms with Crippen LogP contribution >= 0.6 is 11.6 Å². The molecule has 0 radical (unpaired) electrons. The molecule has 0 bridgehead atoms. The summed E-state index contributed by atoms with van der Waals surface area (Å²) in [5.74, 6) is -0.0239. The third-order valence-corrected chi connectivity index (χ3v) is 1.89. The predicted octanol–water partition coefficient (Wildman–Crippen LogP) is 2.31. The highest BCUT2D eigenvalue weighted by molar-refractivity contribution is 6.33. The first-order chi connectivity index (χ1) is 6.24. The van der Waals surface area contributed by atoms with E-state index in [9.17, 15) is 0 Å². The van der Waals surface area contributed by atoms with Gasteiger partial charge in [-0.1, -0.05) is 11.6 Å². The number of pyridine rings is 1. The van der Waals surface area contributed by atoms with Crippen molar-refractivity contribution in [2.75, 3.05) is 11.9 Å². The average Bonchev–Trinajstić information content (AvgIpc) is 2.16. The molecule has 0 saturated carbocycles. The molecule has 1 rings (SSSR count). The molecule has 0 amide bonds. The maximum atomic E-state index is 8.55. The minimum Gasteiger partial charge on any atom is -0.382 e. The van der Waals surface area contributed by atoms with E-state index in [4.69, 9.17) is 16.9 Å². The Bertz CT molecular complexity index is 319. The van der Waals surface area contributed by atoms with Crippen LogP contribution in [-0.4, -0.2) is 11.5 Å². The lowest BCUT2D eigenvalue weighted by molar-refractivity contribution is 0.786. The van der Waals surface area contributed by atoms with E-state index < -0.39 is 0 Å². The molecule has 0 aromatic carbocycles. The molecule has 1 atom stereocenters. The topological polar surface area (TPSA) is 48.7 Å². The third kappa shape index (κ3) is 2.92. The van der Waals surface area contributed by atoms with Crippen LogP contribution in [0, 0.1) is 17.2 Å². The van der Waals surface area contributed by atoms with Gasteiger partial charge in [-0.2, -0.15) is 5.26 Å². The van der Waals surface area contributed by atoms with Crippen molar-refractivity contribution < 1.29 is 0 Å². The lowest BCUT2D eigenvalue weighted by atomic mass is 10.2. The monoisotopic (exact) mass is 195 g/mol. The summed E-state index contributed by atoms with van der Waals surface area (Å²) in [7, 11) is 0. The van der Waals surface area contributed by atoms with Gasteiger partial charge in [-0.25, -0.2) is 0 Å². The van der Waals surface area contributed by atoms with Crippen molar-refractivity contribution >= 4 is 17.3 Å². The van der Waals surface area contributed by atoms with Crippen molar-refractivity contribution in [3.63, 3.8) is 0 Å². The van der Waals surface area contributed by atoms with Crippen LogP contribution in [0.5, 0.6) is 0 Å². The number of halogens is 1. The van der Waals surface area contributed by atoms with Crippen molar-refractivity contribution in [3.8, 4) is 6.07 Å². The van der Waals surface area contributed by atoms with Gasteiger partial charge in [-0.05, 0) is 13.0 Å². The molecule has 1 aromatic rings. The van der Waals surface area contributed by atoms with Crippen molar-refractivity contribution in [1.29, 1.82) is 5.26 Å². The molecular weight excluding hydrogens is 186 g/mol. The maximum absolute atomic E-state index is 8.55. The molecule has 4 heteroatoms. The van der Waals surface area contributed by atoms with E-state index in [1.165, 1.54) is 0 Å². The lowest BCUT2D eigenvalue weighted by Gasteiger charge is -2.07. The zero-order chi connectivity index (χ0) is 9.68. The van der Waals surface area contributed by atoms with Crippen molar-refractivity contribution in [2.45, 2.75) is 6.92 Å². The Hall–Kier alpha value is -1.27. The minimum atomic E-state index is -0.0239. The number of nitriles is 1. The Morgan fingerprint density at radius 2 is 2.54 bits per heavy atom. The summed E-state index contributed by atoms with van der Waals surface area (Å²) in [5, 5.41) is 12.2. The van der Waals surface area contributed by atoms with E-state index >= 15 is 0 Å². The summed E-state index contributed by atoms with van der Waals surface area (Å²) in [6.45, 7) is 2.45. The van der Waals surface area contributed by atoms with E-state index in [0.29, 0.717) is 11.6 Å². The second-order valence-corrected chi connectivity index (χ2v) is 3.17. The summed E-state index contributed by atoms with van der Waals surface area (Å²) < 4.78 is 0. The molecule has 3 nitrogen and oxygen atoms in total. The fourth-order valence-corrected chi connectivity index (χ4v) is 1.01. The molecular formula is C9H10ClN3. The minimum absolute atomic E-state index is 0.0239. The maximum Gasteiger partial charge on any atom is 0.0820 e. The van der Waals surface area contributed by atoms with E-state index in [0.717, 1.165) is 5.69 Å². The van der Waals surface area contributed by atoms with Gasteiger partial charge in [-0.15, -0.1) is 0 Å². The Morgan fingerprint density at radius 1 is 1.77 bits per heavy atom. The highest BCUT2D eigenvalue weighted by Gasteiger charge is 2.01. The highest BCUT2D eigenvalue weighted by atomic mass is 35.5. The van der Waals surface area contributed by atoms with Gasteiger partial charge in [0.1, 0.15) is 0 Å². The quantitative estimate of drug-likeness (QED) is 0.805. The zero-order valence-corrected chi connectivity index (χ0v) is 8.04. The Balaban J connectivity index is 2.56. The Labute approximate surface area is 82.4 Å². The van der Waals surface area contributed by atoms with Gasteiger partial charge in [0.2, 0.25) is 0 Å². The Morgan fingerprint density at radius 3 is 3.15 bits per heavy atom. The van der Waals surface area contributed by atoms with Crippen LogP contribution in [0.2, 0.25) is 5.02 Å². The fraction of sp³-hybridized carbons (Fsp3) is 0.333. The summed E-state index contributed by atoms with van der Waals surface area (Å²) in [5.41, 5.74) is 0.818. The zero-order valence-electron chi connectivity index (χ0n) is 7.29. The second-order valence-electron chi connectivity index (χ2n) is 2.77. The molecule has 0 saturated heterocycles. The molecule has 1 heterocycles. The van der Waals surface area contributed by atoms with Gasteiger partial charge in [0.15, 0.2) is 0 Å². The van der Waals surface area contributed by atoms with Crippen LogP contribution in [0.1, 0.15) is 6.92 Å². The van der Waals surface area contributed by atoms with Gasteiger partial charge in [0, 0.05) is 18.9 Å². The van der Waals surface area contributed by atoms with Gasteiger partial charge in [0.05, 0.1) is 22.7 Å². The first-order valence-corrected chi connectivity index (χ1v) is 4.35. The van der Waals surface area contributed by atoms with E-state index in [-0.39, 0.29) is 5.92 Å². The first kappa shape index (κ1) is 9.82. The summed E-state index contributed by atoms with van der Waals surface area (Å²) in [4.78, 5) is 3.86. The molecule has 0 aliphatic rings. The molecule has 68 valence electrons. The molecule has 0 aliphatic carbocycles. The third-order valence-electron chi connectivity index (χ3n) is 1.59. The van der Waals surface area contributed by atoms with Crippen molar-refractivity contribution in [2.24, 2.45) is 5.92 Å². The number of hydrogen-bond donors (Lipinski definition) is 1. The van der Waals surface area contributed by atoms with Gasteiger partial charge >= 0.3 is 0 Å². The van der Waals surface area contributed by atoms with Crippen LogP contribution in [0.25, 0.3) is 0 Å². The van der Waals surface area contributed by atoms with Crippen molar-refractivity contribution in [3.05, 3.63) is 23.5 Å². The summed E-state index contributed by atoms with van der Waals surface area (Å²) in [6, 6.07) is 3.92. The predicted molar refractivity (Wildman–Crippen MR) is 52.5 cm³/mol. The average molecular weight is 196 g/mol.